The number of nitrogens with zero attached hydrogens (tertiary/aromatic N) is 1. The van der Waals surface area contributed by atoms with Crippen LogP contribution < -0.4 is 5.32 Å². The highest BCUT2D eigenvalue weighted by molar-refractivity contribution is 5.79. The van der Waals surface area contributed by atoms with Crippen molar-refractivity contribution < 1.29 is 14.8 Å². The van der Waals surface area contributed by atoms with Gasteiger partial charge in [-0.15, -0.1) is 0 Å². The van der Waals surface area contributed by atoms with Crippen LogP contribution in [0.15, 0.2) is 24.3 Å². The molecule has 0 aliphatic carbocycles. The Labute approximate surface area is 111 Å². The molecule has 0 fully saturated rings. The van der Waals surface area contributed by atoms with Gasteiger partial charge in [0.2, 0.25) is 5.91 Å². The van der Waals surface area contributed by atoms with Gasteiger partial charge in [0.05, 0.1) is 17.4 Å². The Hall–Kier alpha value is -1.95. The van der Waals surface area contributed by atoms with E-state index in [2.05, 4.69) is 5.32 Å². The number of carbonyl (C=O) groups excluding carboxylic acids is 1. The summed E-state index contributed by atoms with van der Waals surface area (Å²) in [5.41, 5.74) is 0.297. The first-order valence-corrected chi connectivity index (χ1v) is 6.09. The predicted octanol–water partition coefficient (Wildman–Crippen LogP) is 1.27. The number of para-hydroxylation sites is 1. The summed E-state index contributed by atoms with van der Waals surface area (Å²) in [5, 5.41) is 22.9. The fourth-order valence-electron chi connectivity index (χ4n) is 1.53. The zero-order valence-corrected chi connectivity index (χ0v) is 11.0. The lowest BCUT2D eigenvalue weighted by Gasteiger charge is -2.14. The fourth-order valence-corrected chi connectivity index (χ4v) is 1.53. The fraction of sp³-hybridized carbons (Fsp3) is 0.462. The lowest BCUT2D eigenvalue weighted by atomic mass is 10.1. The van der Waals surface area contributed by atoms with E-state index in [1.165, 1.54) is 6.07 Å². The Morgan fingerprint density at radius 3 is 2.63 bits per heavy atom. The second-order valence-electron chi connectivity index (χ2n) is 4.68. The minimum atomic E-state index is -0.616. The summed E-state index contributed by atoms with van der Waals surface area (Å²) >= 11 is 0. The first kappa shape index (κ1) is 15.1. The number of aliphatic hydroxyl groups is 1. The normalized spacial score (nSPS) is 12.2. The van der Waals surface area contributed by atoms with E-state index in [1.54, 1.807) is 18.2 Å². The van der Waals surface area contributed by atoms with Crippen molar-refractivity contribution >= 4 is 11.6 Å². The van der Waals surface area contributed by atoms with Crippen molar-refractivity contribution in [2.24, 2.45) is 5.92 Å². The highest BCUT2D eigenvalue weighted by Crippen LogP contribution is 2.17. The van der Waals surface area contributed by atoms with E-state index in [0.717, 1.165) is 0 Å². The van der Waals surface area contributed by atoms with E-state index < -0.39 is 11.0 Å². The SMILES string of the molecule is CC(C)C(O)CNC(=O)Cc1ccccc1[N+](=O)[O-]. The maximum absolute atomic E-state index is 11.7. The van der Waals surface area contributed by atoms with Crippen LogP contribution in [0, 0.1) is 16.0 Å². The van der Waals surface area contributed by atoms with E-state index in [-0.39, 0.29) is 30.5 Å². The van der Waals surface area contributed by atoms with E-state index in [1.807, 2.05) is 13.8 Å². The van der Waals surface area contributed by atoms with Gasteiger partial charge in [0.15, 0.2) is 0 Å². The molecule has 0 aliphatic heterocycles. The summed E-state index contributed by atoms with van der Waals surface area (Å²) in [7, 11) is 0. The van der Waals surface area contributed by atoms with E-state index in [4.69, 9.17) is 0 Å². The van der Waals surface area contributed by atoms with Crippen LogP contribution in [0.4, 0.5) is 5.69 Å². The molecule has 1 rings (SSSR count). The molecule has 0 heterocycles. The Bertz CT molecular complexity index is 460. The standard InChI is InChI=1S/C13H18N2O4/c1-9(2)12(16)8-14-13(17)7-10-5-3-4-6-11(10)15(18)19/h3-6,9,12,16H,7-8H2,1-2H3,(H,14,17). The summed E-state index contributed by atoms with van der Waals surface area (Å²) in [4.78, 5) is 22.0. The maximum Gasteiger partial charge on any atom is 0.273 e. The third-order valence-electron chi connectivity index (χ3n) is 2.82. The summed E-state index contributed by atoms with van der Waals surface area (Å²) in [5.74, 6) is -0.291. The van der Waals surface area contributed by atoms with Crippen molar-refractivity contribution in [2.45, 2.75) is 26.4 Å². The van der Waals surface area contributed by atoms with Crippen LogP contribution in [0.1, 0.15) is 19.4 Å². The number of rotatable bonds is 6. The summed E-state index contributed by atoms with van der Waals surface area (Å²) < 4.78 is 0. The zero-order valence-electron chi connectivity index (χ0n) is 11.0. The van der Waals surface area contributed by atoms with Crippen LogP contribution >= 0.6 is 0 Å². The lowest BCUT2D eigenvalue weighted by molar-refractivity contribution is -0.385. The molecular formula is C13H18N2O4. The molecule has 1 aromatic carbocycles. The highest BCUT2D eigenvalue weighted by Gasteiger charge is 2.16. The van der Waals surface area contributed by atoms with E-state index in [9.17, 15) is 20.0 Å². The van der Waals surface area contributed by atoms with Gasteiger partial charge in [0.25, 0.3) is 5.69 Å². The number of nitro groups is 1. The Morgan fingerprint density at radius 2 is 2.05 bits per heavy atom. The lowest BCUT2D eigenvalue weighted by Crippen LogP contribution is -2.35. The van der Waals surface area contributed by atoms with Crippen molar-refractivity contribution in [2.75, 3.05) is 6.54 Å². The Morgan fingerprint density at radius 1 is 1.42 bits per heavy atom. The number of amides is 1. The van der Waals surface area contributed by atoms with Crippen molar-refractivity contribution in [1.29, 1.82) is 0 Å². The largest absolute Gasteiger partial charge is 0.391 e. The van der Waals surface area contributed by atoms with E-state index in [0.29, 0.717) is 5.56 Å². The molecular weight excluding hydrogens is 248 g/mol. The molecule has 2 N–H and O–H groups in total. The molecule has 0 aromatic heterocycles. The maximum atomic E-state index is 11.7. The Kier molecular flexibility index (Phi) is 5.44. The molecule has 0 saturated carbocycles. The van der Waals surface area contributed by atoms with Crippen molar-refractivity contribution in [3.63, 3.8) is 0 Å². The molecule has 0 aliphatic rings. The van der Waals surface area contributed by atoms with Gasteiger partial charge in [0.1, 0.15) is 0 Å². The predicted molar refractivity (Wildman–Crippen MR) is 70.7 cm³/mol. The first-order chi connectivity index (χ1) is 8.91. The molecule has 19 heavy (non-hydrogen) atoms. The third-order valence-corrected chi connectivity index (χ3v) is 2.82. The second-order valence-corrected chi connectivity index (χ2v) is 4.68. The molecule has 1 aromatic rings. The van der Waals surface area contributed by atoms with Crippen molar-refractivity contribution in [3.8, 4) is 0 Å². The molecule has 1 atom stereocenters. The molecule has 0 bridgehead atoms. The van der Waals surface area contributed by atoms with Crippen LogP contribution in [-0.4, -0.2) is 28.6 Å². The second kappa shape index (κ2) is 6.84. The third kappa shape index (κ3) is 4.67. The monoisotopic (exact) mass is 266 g/mol. The van der Waals surface area contributed by atoms with Gasteiger partial charge in [-0.3, -0.25) is 14.9 Å². The van der Waals surface area contributed by atoms with Gasteiger partial charge in [-0.25, -0.2) is 0 Å². The van der Waals surface area contributed by atoms with Crippen LogP contribution in [0.25, 0.3) is 0 Å². The first-order valence-electron chi connectivity index (χ1n) is 6.09. The molecule has 6 heteroatoms. The van der Waals surface area contributed by atoms with Gasteiger partial charge >= 0.3 is 0 Å². The number of carbonyl (C=O) groups is 1. The molecule has 0 spiro atoms. The van der Waals surface area contributed by atoms with Crippen LogP contribution in [0.5, 0.6) is 0 Å². The van der Waals surface area contributed by atoms with Gasteiger partial charge in [0, 0.05) is 18.2 Å². The number of hydrogen-bond donors (Lipinski definition) is 2. The topological polar surface area (TPSA) is 92.5 Å². The average Bonchev–Trinajstić information content (AvgIpc) is 2.36. The number of nitrogens with one attached hydrogen (secondary N) is 1. The summed E-state index contributed by atoms with van der Waals surface area (Å²) in [6.45, 7) is 3.84. The quantitative estimate of drug-likeness (QED) is 0.599. The minimum absolute atomic E-state index is 0.0476. The summed E-state index contributed by atoms with van der Waals surface area (Å²) in [6, 6.07) is 6.13. The van der Waals surface area contributed by atoms with Crippen molar-refractivity contribution in [3.05, 3.63) is 39.9 Å². The molecule has 0 radical (unpaired) electrons. The van der Waals surface area contributed by atoms with Gasteiger partial charge < -0.3 is 10.4 Å². The number of aliphatic hydroxyl groups excluding tert-OH is 1. The molecule has 1 unspecified atom stereocenters. The van der Waals surface area contributed by atoms with Gasteiger partial charge in [-0.05, 0) is 5.92 Å². The molecule has 104 valence electrons. The Balaban J connectivity index is 2.60. The number of hydrogen-bond acceptors (Lipinski definition) is 4. The van der Waals surface area contributed by atoms with Crippen molar-refractivity contribution in [1.82, 2.24) is 5.32 Å². The van der Waals surface area contributed by atoms with Gasteiger partial charge in [-0.1, -0.05) is 32.0 Å². The zero-order chi connectivity index (χ0) is 14.4. The van der Waals surface area contributed by atoms with Gasteiger partial charge in [-0.2, -0.15) is 0 Å². The van der Waals surface area contributed by atoms with Crippen LogP contribution in [-0.2, 0) is 11.2 Å². The highest BCUT2D eigenvalue weighted by atomic mass is 16.6. The number of benzene rings is 1. The number of nitro benzene ring substituents is 1. The van der Waals surface area contributed by atoms with Crippen LogP contribution in [0.3, 0.4) is 0 Å². The molecule has 1 amide bonds. The minimum Gasteiger partial charge on any atom is -0.391 e. The summed E-state index contributed by atoms with van der Waals surface area (Å²) in [6.07, 6.45) is -0.684. The average molecular weight is 266 g/mol. The molecule has 0 saturated heterocycles. The van der Waals surface area contributed by atoms with Crippen LogP contribution in [0.2, 0.25) is 0 Å². The smallest absolute Gasteiger partial charge is 0.273 e. The molecule has 6 nitrogen and oxygen atoms in total. The van der Waals surface area contributed by atoms with E-state index >= 15 is 0 Å².